The van der Waals surface area contributed by atoms with Crippen LogP contribution < -0.4 is 20.1 Å². The largest absolute Gasteiger partial charge is 0.485 e. The Bertz CT molecular complexity index is 542. The van der Waals surface area contributed by atoms with Gasteiger partial charge in [-0.1, -0.05) is 23.8 Å². The van der Waals surface area contributed by atoms with Crippen molar-refractivity contribution in [2.24, 2.45) is 0 Å². The van der Waals surface area contributed by atoms with Crippen molar-refractivity contribution in [3.63, 3.8) is 0 Å². The fourth-order valence-electron chi connectivity index (χ4n) is 2.51. The lowest BCUT2D eigenvalue weighted by Crippen LogP contribution is -2.44. The smallest absolute Gasteiger partial charge is 0.264 e. The molecule has 0 aliphatic carbocycles. The molecule has 112 valence electrons. The molecule has 1 atom stereocenters. The fraction of sp³-hybridized carbons (Fsp3) is 0.438. The van der Waals surface area contributed by atoms with Gasteiger partial charge in [-0.3, -0.25) is 4.79 Å². The van der Waals surface area contributed by atoms with E-state index in [-0.39, 0.29) is 12.5 Å². The highest BCUT2D eigenvalue weighted by Gasteiger charge is 2.26. The van der Waals surface area contributed by atoms with Crippen molar-refractivity contribution in [1.82, 2.24) is 10.6 Å². The van der Waals surface area contributed by atoms with Crippen LogP contribution in [0.15, 0.2) is 35.9 Å². The highest BCUT2D eigenvalue weighted by molar-refractivity contribution is 5.81. The molecular formula is C16H20N2O3. The number of carbonyl (C=O) groups excluding carboxylic acids is 1. The summed E-state index contributed by atoms with van der Waals surface area (Å²) in [6.07, 6.45) is 3.60. The Balaban J connectivity index is 1.47. The van der Waals surface area contributed by atoms with Gasteiger partial charge in [-0.2, -0.15) is 0 Å². The minimum atomic E-state index is -0.568. The molecule has 1 aromatic rings. The van der Waals surface area contributed by atoms with E-state index >= 15 is 0 Å². The van der Waals surface area contributed by atoms with Crippen LogP contribution in [0.1, 0.15) is 12.8 Å². The summed E-state index contributed by atoms with van der Waals surface area (Å²) in [5.74, 6) is 1.21. The first-order valence-electron chi connectivity index (χ1n) is 7.38. The van der Waals surface area contributed by atoms with Crippen LogP contribution in [0.2, 0.25) is 0 Å². The molecule has 0 aromatic heterocycles. The zero-order valence-corrected chi connectivity index (χ0v) is 11.9. The molecule has 0 fully saturated rings. The van der Waals surface area contributed by atoms with Crippen molar-refractivity contribution in [2.75, 3.05) is 26.2 Å². The van der Waals surface area contributed by atoms with Gasteiger partial charge in [0, 0.05) is 13.1 Å². The summed E-state index contributed by atoms with van der Waals surface area (Å²) in [7, 11) is 0. The summed E-state index contributed by atoms with van der Waals surface area (Å²) in [5.41, 5.74) is 1.40. The number of carbonyl (C=O) groups is 1. The quantitative estimate of drug-likeness (QED) is 0.819. The van der Waals surface area contributed by atoms with Gasteiger partial charge in [0.05, 0.1) is 0 Å². The van der Waals surface area contributed by atoms with Crippen LogP contribution in [0.4, 0.5) is 0 Å². The Kier molecular flexibility index (Phi) is 4.40. The molecule has 21 heavy (non-hydrogen) atoms. The summed E-state index contributed by atoms with van der Waals surface area (Å²) in [4.78, 5) is 12.1. The van der Waals surface area contributed by atoms with E-state index in [1.54, 1.807) is 0 Å². The van der Waals surface area contributed by atoms with Gasteiger partial charge in [0.1, 0.15) is 6.61 Å². The third-order valence-corrected chi connectivity index (χ3v) is 3.70. The molecule has 2 heterocycles. The summed E-state index contributed by atoms with van der Waals surface area (Å²) < 4.78 is 11.2. The Morgan fingerprint density at radius 1 is 1.33 bits per heavy atom. The van der Waals surface area contributed by atoms with Gasteiger partial charge in [0.15, 0.2) is 11.5 Å². The van der Waals surface area contributed by atoms with Crippen molar-refractivity contribution in [3.8, 4) is 11.5 Å². The van der Waals surface area contributed by atoms with Crippen molar-refractivity contribution < 1.29 is 14.3 Å². The maximum Gasteiger partial charge on any atom is 0.264 e. The van der Waals surface area contributed by atoms with E-state index in [9.17, 15) is 4.79 Å². The van der Waals surface area contributed by atoms with Gasteiger partial charge < -0.3 is 20.1 Å². The van der Waals surface area contributed by atoms with E-state index in [0.717, 1.165) is 25.9 Å². The number of nitrogens with one attached hydrogen (secondary N) is 2. The molecule has 2 aliphatic rings. The van der Waals surface area contributed by atoms with Crippen molar-refractivity contribution >= 4 is 5.91 Å². The van der Waals surface area contributed by atoms with Crippen molar-refractivity contribution in [2.45, 2.75) is 18.9 Å². The molecule has 3 rings (SSSR count). The maximum absolute atomic E-state index is 12.1. The van der Waals surface area contributed by atoms with Crippen LogP contribution in [0.3, 0.4) is 0 Å². The SMILES string of the molecule is O=C(NCCC1=CCNCC1)C1COc2ccccc2O1. The summed E-state index contributed by atoms with van der Waals surface area (Å²) >= 11 is 0. The third kappa shape index (κ3) is 3.55. The van der Waals surface area contributed by atoms with E-state index in [1.807, 2.05) is 24.3 Å². The zero-order chi connectivity index (χ0) is 14.5. The number of rotatable bonds is 4. The Morgan fingerprint density at radius 3 is 3.00 bits per heavy atom. The molecule has 0 saturated carbocycles. The molecule has 0 bridgehead atoms. The van der Waals surface area contributed by atoms with Crippen LogP contribution in [0.5, 0.6) is 11.5 Å². The Morgan fingerprint density at radius 2 is 2.19 bits per heavy atom. The monoisotopic (exact) mass is 288 g/mol. The molecule has 5 heteroatoms. The summed E-state index contributed by atoms with van der Waals surface area (Å²) in [5, 5.41) is 6.20. The number of hydrogen-bond donors (Lipinski definition) is 2. The Labute approximate surface area is 124 Å². The fourth-order valence-corrected chi connectivity index (χ4v) is 2.51. The van der Waals surface area contributed by atoms with Crippen LogP contribution in [0, 0.1) is 0 Å². The van der Waals surface area contributed by atoms with Gasteiger partial charge >= 0.3 is 0 Å². The standard InChI is InChI=1S/C16H20N2O3/c19-16(18-10-7-12-5-8-17-9-6-12)15-11-20-13-3-1-2-4-14(13)21-15/h1-5,15,17H,6-11H2,(H,18,19). The summed E-state index contributed by atoms with van der Waals surface area (Å²) in [6.45, 7) is 2.86. The van der Waals surface area contributed by atoms with E-state index < -0.39 is 6.10 Å². The molecule has 2 N–H and O–H groups in total. The van der Waals surface area contributed by atoms with Gasteiger partial charge in [-0.05, 0) is 31.5 Å². The van der Waals surface area contributed by atoms with Crippen LogP contribution >= 0.6 is 0 Å². The molecule has 0 radical (unpaired) electrons. The van der Waals surface area contributed by atoms with E-state index in [4.69, 9.17) is 9.47 Å². The van der Waals surface area contributed by atoms with Crippen LogP contribution in [-0.4, -0.2) is 38.3 Å². The lowest BCUT2D eigenvalue weighted by atomic mass is 10.1. The number of fused-ring (bicyclic) bond motifs is 1. The lowest BCUT2D eigenvalue weighted by molar-refractivity contribution is -0.130. The molecule has 5 nitrogen and oxygen atoms in total. The molecular weight excluding hydrogens is 268 g/mol. The van der Waals surface area contributed by atoms with Gasteiger partial charge in [0.25, 0.3) is 5.91 Å². The molecule has 0 spiro atoms. The first-order chi connectivity index (χ1) is 10.3. The number of hydrogen-bond acceptors (Lipinski definition) is 4. The summed E-state index contributed by atoms with van der Waals surface area (Å²) in [6, 6.07) is 7.41. The molecule has 1 unspecified atom stereocenters. The Hall–Kier alpha value is -2.01. The minimum absolute atomic E-state index is 0.112. The van der Waals surface area contributed by atoms with Gasteiger partial charge in [0.2, 0.25) is 6.10 Å². The number of ether oxygens (including phenoxy) is 2. The normalized spacial score (nSPS) is 20.6. The topological polar surface area (TPSA) is 59.6 Å². The predicted molar refractivity (Wildman–Crippen MR) is 79.5 cm³/mol. The molecule has 2 aliphatic heterocycles. The van der Waals surface area contributed by atoms with Crippen LogP contribution in [0.25, 0.3) is 0 Å². The second-order valence-electron chi connectivity index (χ2n) is 5.22. The second kappa shape index (κ2) is 6.63. The first kappa shape index (κ1) is 13.9. The zero-order valence-electron chi connectivity index (χ0n) is 11.9. The molecule has 1 aromatic carbocycles. The number of para-hydroxylation sites is 2. The third-order valence-electron chi connectivity index (χ3n) is 3.70. The van der Waals surface area contributed by atoms with E-state index in [2.05, 4.69) is 16.7 Å². The highest BCUT2D eigenvalue weighted by atomic mass is 16.6. The van der Waals surface area contributed by atoms with Crippen LogP contribution in [-0.2, 0) is 4.79 Å². The van der Waals surface area contributed by atoms with Gasteiger partial charge in [-0.15, -0.1) is 0 Å². The second-order valence-corrected chi connectivity index (χ2v) is 5.22. The minimum Gasteiger partial charge on any atom is -0.485 e. The highest BCUT2D eigenvalue weighted by Crippen LogP contribution is 2.30. The molecule has 1 amide bonds. The average Bonchev–Trinajstić information content (AvgIpc) is 2.55. The van der Waals surface area contributed by atoms with E-state index in [1.165, 1.54) is 5.57 Å². The first-order valence-corrected chi connectivity index (χ1v) is 7.38. The van der Waals surface area contributed by atoms with Crippen molar-refractivity contribution in [1.29, 1.82) is 0 Å². The lowest BCUT2D eigenvalue weighted by Gasteiger charge is -2.25. The van der Waals surface area contributed by atoms with E-state index in [0.29, 0.717) is 18.0 Å². The number of benzene rings is 1. The van der Waals surface area contributed by atoms with Gasteiger partial charge in [-0.25, -0.2) is 0 Å². The number of amides is 1. The maximum atomic E-state index is 12.1. The average molecular weight is 288 g/mol. The van der Waals surface area contributed by atoms with Crippen molar-refractivity contribution in [3.05, 3.63) is 35.9 Å². The predicted octanol–water partition coefficient (Wildman–Crippen LogP) is 1.25. The molecule has 0 saturated heterocycles.